The summed E-state index contributed by atoms with van der Waals surface area (Å²) >= 11 is 0. The highest BCUT2D eigenvalue weighted by molar-refractivity contribution is 6.46. The minimum Gasteiger partial charge on any atom is -0.507 e. The predicted octanol–water partition coefficient (Wildman–Crippen LogP) is 6.98. The molecule has 0 spiro atoms. The van der Waals surface area contributed by atoms with Crippen LogP contribution in [0.1, 0.15) is 48.1 Å². The minimum absolute atomic E-state index is 0.0230. The van der Waals surface area contributed by atoms with Crippen LogP contribution >= 0.6 is 0 Å². The van der Waals surface area contributed by atoms with E-state index in [2.05, 4.69) is 11.9 Å². The lowest BCUT2D eigenvalue weighted by atomic mass is 9.94. The number of pyridine rings is 1. The van der Waals surface area contributed by atoms with E-state index in [-0.39, 0.29) is 17.9 Å². The molecule has 1 amide bonds. The molecule has 3 aromatic carbocycles. The second-order valence-electron chi connectivity index (χ2n) is 9.96. The molecule has 7 heteroatoms. The van der Waals surface area contributed by atoms with Gasteiger partial charge >= 0.3 is 0 Å². The van der Waals surface area contributed by atoms with E-state index in [1.807, 2.05) is 61.5 Å². The van der Waals surface area contributed by atoms with E-state index in [0.29, 0.717) is 35.0 Å². The Morgan fingerprint density at radius 1 is 0.951 bits per heavy atom. The minimum atomic E-state index is -0.838. The first-order chi connectivity index (χ1) is 20.0. The molecule has 208 valence electrons. The fourth-order valence-corrected chi connectivity index (χ4v) is 4.89. The predicted molar refractivity (Wildman–Crippen MR) is 157 cm³/mol. The Labute approximate surface area is 239 Å². The zero-order chi connectivity index (χ0) is 28.8. The van der Waals surface area contributed by atoms with Gasteiger partial charge in [0.25, 0.3) is 11.7 Å². The molecule has 0 aliphatic carbocycles. The van der Waals surface area contributed by atoms with Gasteiger partial charge in [-0.05, 0) is 78.6 Å². The number of nitrogens with zero attached hydrogens (tertiary/aromatic N) is 2. The number of para-hydroxylation sites is 1. The van der Waals surface area contributed by atoms with Gasteiger partial charge in [0, 0.05) is 24.5 Å². The number of hydrogen-bond donors (Lipinski definition) is 1. The number of aliphatic hydroxyl groups is 1. The first-order valence-electron chi connectivity index (χ1n) is 13.7. The average Bonchev–Trinajstić information content (AvgIpc) is 3.24. The number of Topliss-reactive ketones (excluding diaryl/α,β-unsaturated/α-hetero) is 1. The maximum Gasteiger partial charge on any atom is 0.295 e. The molecule has 41 heavy (non-hydrogen) atoms. The number of ether oxygens (including phenoxy) is 2. The van der Waals surface area contributed by atoms with E-state index in [1.165, 1.54) is 4.90 Å². The van der Waals surface area contributed by atoms with Crippen LogP contribution in [0.5, 0.6) is 17.2 Å². The summed E-state index contributed by atoms with van der Waals surface area (Å²) in [6.45, 7) is 4.73. The summed E-state index contributed by atoms with van der Waals surface area (Å²) in [6.07, 6.45) is 5.27. The van der Waals surface area contributed by atoms with Crippen LogP contribution in [0, 0.1) is 6.92 Å². The van der Waals surface area contributed by atoms with Crippen molar-refractivity contribution in [2.75, 3.05) is 6.61 Å². The lowest BCUT2D eigenvalue weighted by Gasteiger charge is -2.25. The van der Waals surface area contributed by atoms with Crippen LogP contribution in [0.25, 0.3) is 5.76 Å². The van der Waals surface area contributed by atoms with E-state index in [9.17, 15) is 14.7 Å². The van der Waals surface area contributed by atoms with Gasteiger partial charge in [0.05, 0.1) is 18.2 Å². The Kier molecular flexibility index (Phi) is 8.44. The van der Waals surface area contributed by atoms with Crippen molar-refractivity contribution in [3.63, 3.8) is 0 Å². The van der Waals surface area contributed by atoms with E-state index >= 15 is 0 Å². The van der Waals surface area contributed by atoms with Gasteiger partial charge in [-0.25, -0.2) is 0 Å². The molecule has 1 aromatic heterocycles. The van der Waals surface area contributed by atoms with E-state index in [0.717, 1.165) is 24.0 Å². The van der Waals surface area contributed by atoms with Crippen molar-refractivity contribution < 1.29 is 24.2 Å². The smallest absolute Gasteiger partial charge is 0.295 e. The fraction of sp³-hybridized carbons (Fsp3) is 0.206. The number of aryl methyl sites for hydroxylation is 1. The SMILES string of the molecule is CCCCOc1ccc(/C(O)=C2\C(=O)C(=O)N(Cc3cccnc3)C2c2cccc(Oc3ccccc3)c2)cc1C. The summed E-state index contributed by atoms with van der Waals surface area (Å²) in [5.74, 6) is 0.252. The first kappa shape index (κ1) is 27.6. The molecular weight excluding hydrogens is 516 g/mol. The second kappa shape index (κ2) is 12.5. The Hall–Kier alpha value is -4.91. The topological polar surface area (TPSA) is 89.0 Å². The van der Waals surface area contributed by atoms with Crippen LogP contribution in [0.3, 0.4) is 0 Å². The number of aliphatic hydroxyl groups excluding tert-OH is 1. The number of ketones is 1. The zero-order valence-corrected chi connectivity index (χ0v) is 23.1. The molecule has 1 saturated heterocycles. The summed E-state index contributed by atoms with van der Waals surface area (Å²) in [4.78, 5) is 32.6. The molecule has 0 saturated carbocycles. The van der Waals surface area contributed by atoms with Crippen LogP contribution in [-0.4, -0.2) is 33.3 Å². The molecule has 1 unspecified atom stereocenters. The van der Waals surface area contributed by atoms with Crippen molar-refractivity contribution in [3.8, 4) is 17.2 Å². The van der Waals surface area contributed by atoms with Crippen molar-refractivity contribution in [1.82, 2.24) is 9.88 Å². The molecule has 7 nitrogen and oxygen atoms in total. The van der Waals surface area contributed by atoms with Gasteiger partial charge in [-0.1, -0.05) is 49.7 Å². The van der Waals surface area contributed by atoms with Crippen molar-refractivity contribution in [3.05, 3.63) is 125 Å². The monoisotopic (exact) mass is 548 g/mol. The summed E-state index contributed by atoms with van der Waals surface area (Å²) in [7, 11) is 0. The molecule has 2 heterocycles. The summed E-state index contributed by atoms with van der Waals surface area (Å²) in [5, 5.41) is 11.6. The van der Waals surface area contributed by atoms with E-state index in [4.69, 9.17) is 9.47 Å². The molecule has 1 fully saturated rings. The fourth-order valence-electron chi connectivity index (χ4n) is 4.89. The first-order valence-corrected chi connectivity index (χ1v) is 13.7. The normalized spacial score (nSPS) is 16.1. The Balaban J connectivity index is 1.57. The standard InChI is InChI=1S/C34H32N2O5/c1-3-4-18-40-29-16-15-26(19-23(29)2)32(37)30-31(36(34(39)33(30)38)22-24-10-9-17-35-21-24)25-11-8-14-28(20-25)41-27-12-6-5-7-13-27/h5-17,19-21,31,37H,3-4,18,22H2,1-2H3/b32-30+. The molecule has 1 aliphatic heterocycles. The lowest BCUT2D eigenvalue weighted by molar-refractivity contribution is -0.140. The van der Waals surface area contributed by atoms with Gasteiger partial charge in [-0.3, -0.25) is 14.6 Å². The summed E-state index contributed by atoms with van der Waals surface area (Å²) < 4.78 is 11.9. The number of unbranched alkanes of at least 4 members (excludes halogenated alkanes) is 1. The Morgan fingerprint density at radius 2 is 1.76 bits per heavy atom. The maximum absolute atomic E-state index is 13.5. The number of carbonyl (C=O) groups excluding carboxylic acids is 2. The number of aromatic nitrogens is 1. The number of likely N-dealkylation sites (tertiary alicyclic amines) is 1. The maximum atomic E-state index is 13.5. The highest BCUT2D eigenvalue weighted by atomic mass is 16.5. The van der Waals surface area contributed by atoms with Gasteiger partial charge in [-0.2, -0.15) is 0 Å². The quantitative estimate of drug-likeness (QED) is 0.0995. The van der Waals surface area contributed by atoms with Crippen LogP contribution < -0.4 is 9.47 Å². The second-order valence-corrected chi connectivity index (χ2v) is 9.96. The van der Waals surface area contributed by atoms with Crippen molar-refractivity contribution >= 4 is 17.4 Å². The van der Waals surface area contributed by atoms with Gasteiger partial charge in [0.2, 0.25) is 0 Å². The Morgan fingerprint density at radius 3 is 2.49 bits per heavy atom. The largest absolute Gasteiger partial charge is 0.507 e. The van der Waals surface area contributed by atoms with Crippen molar-refractivity contribution in [2.45, 2.75) is 39.3 Å². The van der Waals surface area contributed by atoms with Crippen LogP contribution in [0.2, 0.25) is 0 Å². The number of benzene rings is 3. The average molecular weight is 549 g/mol. The molecular formula is C34H32N2O5. The summed E-state index contributed by atoms with van der Waals surface area (Å²) in [5.41, 5.74) is 2.69. The van der Waals surface area contributed by atoms with Gasteiger partial charge in [0.15, 0.2) is 0 Å². The number of rotatable bonds is 10. The number of amides is 1. The number of carbonyl (C=O) groups is 2. The Bertz CT molecular complexity index is 1570. The van der Waals surface area contributed by atoms with Crippen LogP contribution in [-0.2, 0) is 16.1 Å². The third-order valence-electron chi connectivity index (χ3n) is 6.97. The molecule has 1 aliphatic rings. The van der Waals surface area contributed by atoms with Crippen LogP contribution in [0.15, 0.2) is 103 Å². The third kappa shape index (κ3) is 6.14. The van der Waals surface area contributed by atoms with E-state index < -0.39 is 17.7 Å². The molecule has 1 N–H and O–H groups in total. The van der Waals surface area contributed by atoms with E-state index in [1.54, 1.807) is 42.7 Å². The van der Waals surface area contributed by atoms with Crippen molar-refractivity contribution in [2.24, 2.45) is 0 Å². The van der Waals surface area contributed by atoms with Gasteiger partial charge in [0.1, 0.15) is 23.0 Å². The molecule has 5 rings (SSSR count). The molecule has 4 aromatic rings. The lowest BCUT2D eigenvalue weighted by Crippen LogP contribution is -2.29. The van der Waals surface area contributed by atoms with Crippen molar-refractivity contribution in [1.29, 1.82) is 0 Å². The molecule has 1 atom stereocenters. The van der Waals surface area contributed by atoms with Gasteiger partial charge in [-0.15, -0.1) is 0 Å². The highest BCUT2D eigenvalue weighted by Gasteiger charge is 2.46. The highest BCUT2D eigenvalue weighted by Crippen LogP contribution is 2.41. The molecule has 0 bridgehead atoms. The number of hydrogen-bond acceptors (Lipinski definition) is 6. The van der Waals surface area contributed by atoms with Crippen LogP contribution in [0.4, 0.5) is 0 Å². The molecule has 0 radical (unpaired) electrons. The zero-order valence-electron chi connectivity index (χ0n) is 23.1. The summed E-state index contributed by atoms with van der Waals surface area (Å²) in [6, 6.07) is 24.7. The third-order valence-corrected chi connectivity index (χ3v) is 6.97. The van der Waals surface area contributed by atoms with Gasteiger partial charge < -0.3 is 19.5 Å².